The smallest absolute Gasteiger partial charge is 0.189 e. The lowest BCUT2D eigenvalue weighted by Crippen LogP contribution is -1.94. The van der Waals surface area contributed by atoms with E-state index in [0.717, 1.165) is 28.7 Å². The van der Waals surface area contributed by atoms with Crippen molar-refractivity contribution in [3.05, 3.63) is 71.1 Å². The third-order valence-electron chi connectivity index (χ3n) is 2.98. The Bertz CT molecular complexity index is 599. The Morgan fingerprint density at radius 3 is 2.59 bits per heavy atom. The molecule has 1 aromatic heterocycles. The van der Waals surface area contributed by atoms with Crippen molar-refractivity contribution in [2.75, 3.05) is 0 Å². The summed E-state index contributed by atoms with van der Waals surface area (Å²) in [7, 11) is 0. The van der Waals surface area contributed by atoms with Gasteiger partial charge >= 0.3 is 0 Å². The number of hydrogen-bond donors (Lipinski definition) is 0. The van der Waals surface area contributed by atoms with Crippen LogP contribution >= 0.6 is 0 Å². The number of benzene rings is 1. The number of pyridine rings is 1. The molecule has 82 valence electrons. The number of Topliss-reactive ketones (excluding diaryl/α,β-unsaturated/α-hetero) is 1. The van der Waals surface area contributed by atoms with Crippen LogP contribution in [-0.4, -0.2) is 10.8 Å². The minimum absolute atomic E-state index is 0.150. The molecule has 2 nitrogen and oxygen atoms in total. The van der Waals surface area contributed by atoms with Crippen LogP contribution in [0.5, 0.6) is 0 Å². The predicted octanol–water partition coefficient (Wildman–Crippen LogP) is 2.90. The van der Waals surface area contributed by atoms with Crippen LogP contribution < -0.4 is 0 Å². The van der Waals surface area contributed by atoms with Crippen LogP contribution in [0.3, 0.4) is 0 Å². The van der Waals surface area contributed by atoms with Gasteiger partial charge in [-0.15, -0.1) is 0 Å². The van der Waals surface area contributed by atoms with E-state index in [9.17, 15) is 4.79 Å². The second kappa shape index (κ2) is 3.98. The average Bonchev–Trinajstić information content (AvgIpc) is 2.68. The minimum Gasteiger partial charge on any atom is -0.289 e. The van der Waals surface area contributed by atoms with Gasteiger partial charge in [-0.25, -0.2) is 0 Å². The molecule has 1 aliphatic rings. The number of fused-ring (bicyclic) bond motifs is 1. The Kier molecular flexibility index (Phi) is 2.33. The average molecular weight is 221 g/mol. The summed E-state index contributed by atoms with van der Waals surface area (Å²) < 4.78 is 0. The van der Waals surface area contributed by atoms with Gasteiger partial charge in [0, 0.05) is 30.0 Å². The SMILES string of the molecule is O=C1C(=Cc2ccncc2)Cc2ccccc21. The van der Waals surface area contributed by atoms with Gasteiger partial charge in [0.25, 0.3) is 0 Å². The second-order valence-electron chi connectivity index (χ2n) is 4.11. The monoisotopic (exact) mass is 221 g/mol. The van der Waals surface area contributed by atoms with E-state index in [1.54, 1.807) is 12.4 Å². The Morgan fingerprint density at radius 1 is 1.06 bits per heavy atom. The van der Waals surface area contributed by atoms with Crippen LogP contribution in [-0.2, 0) is 6.42 Å². The van der Waals surface area contributed by atoms with Gasteiger partial charge in [0.2, 0.25) is 0 Å². The fourth-order valence-corrected chi connectivity index (χ4v) is 2.13. The zero-order chi connectivity index (χ0) is 11.7. The number of carbonyl (C=O) groups excluding carboxylic acids is 1. The first kappa shape index (κ1) is 9.97. The minimum atomic E-state index is 0.150. The maximum absolute atomic E-state index is 12.1. The van der Waals surface area contributed by atoms with Gasteiger partial charge in [-0.1, -0.05) is 24.3 Å². The first-order valence-electron chi connectivity index (χ1n) is 5.58. The molecule has 2 aromatic rings. The largest absolute Gasteiger partial charge is 0.289 e. The summed E-state index contributed by atoms with van der Waals surface area (Å²) >= 11 is 0. The number of nitrogens with zero attached hydrogens (tertiary/aromatic N) is 1. The van der Waals surface area contributed by atoms with E-state index in [4.69, 9.17) is 0 Å². The van der Waals surface area contributed by atoms with Gasteiger partial charge in [-0.3, -0.25) is 9.78 Å². The fraction of sp³-hybridized carbons (Fsp3) is 0.0667. The van der Waals surface area contributed by atoms with Crippen molar-refractivity contribution >= 4 is 11.9 Å². The highest BCUT2D eigenvalue weighted by atomic mass is 16.1. The number of hydrogen-bond acceptors (Lipinski definition) is 2. The number of ketones is 1. The molecule has 0 N–H and O–H groups in total. The van der Waals surface area contributed by atoms with E-state index in [1.807, 2.05) is 42.5 Å². The molecule has 1 aromatic carbocycles. The summed E-state index contributed by atoms with van der Waals surface area (Å²) in [5.74, 6) is 0.150. The van der Waals surface area contributed by atoms with Crippen molar-refractivity contribution in [2.45, 2.75) is 6.42 Å². The molecule has 0 fully saturated rings. The molecule has 0 bridgehead atoms. The molecule has 0 radical (unpaired) electrons. The maximum atomic E-state index is 12.1. The van der Waals surface area contributed by atoms with E-state index >= 15 is 0 Å². The molecule has 0 atom stereocenters. The Morgan fingerprint density at radius 2 is 1.82 bits per heavy atom. The summed E-state index contributed by atoms with van der Waals surface area (Å²) in [5.41, 5.74) is 3.85. The van der Waals surface area contributed by atoms with E-state index in [0.29, 0.717) is 0 Å². The van der Waals surface area contributed by atoms with Gasteiger partial charge in [0.1, 0.15) is 0 Å². The topological polar surface area (TPSA) is 30.0 Å². The number of allylic oxidation sites excluding steroid dienone is 1. The van der Waals surface area contributed by atoms with E-state index in [1.165, 1.54) is 0 Å². The van der Waals surface area contributed by atoms with E-state index in [2.05, 4.69) is 4.98 Å². The summed E-state index contributed by atoms with van der Waals surface area (Å²) in [6.07, 6.45) is 6.15. The zero-order valence-corrected chi connectivity index (χ0v) is 9.26. The summed E-state index contributed by atoms with van der Waals surface area (Å²) in [6.45, 7) is 0. The van der Waals surface area contributed by atoms with Crippen LogP contribution in [0.2, 0.25) is 0 Å². The third kappa shape index (κ3) is 1.78. The molecule has 0 saturated heterocycles. The van der Waals surface area contributed by atoms with Gasteiger partial charge in [-0.05, 0) is 29.3 Å². The highest BCUT2D eigenvalue weighted by Gasteiger charge is 2.23. The second-order valence-corrected chi connectivity index (χ2v) is 4.11. The summed E-state index contributed by atoms with van der Waals surface area (Å²) in [5, 5.41) is 0. The van der Waals surface area contributed by atoms with Gasteiger partial charge in [0.05, 0.1) is 0 Å². The molecular weight excluding hydrogens is 210 g/mol. The molecule has 0 amide bonds. The molecule has 3 rings (SSSR count). The lowest BCUT2D eigenvalue weighted by atomic mass is 10.1. The van der Waals surface area contributed by atoms with Crippen molar-refractivity contribution in [1.82, 2.24) is 4.98 Å². The zero-order valence-electron chi connectivity index (χ0n) is 9.26. The van der Waals surface area contributed by atoms with Gasteiger partial charge in [-0.2, -0.15) is 0 Å². The Hall–Kier alpha value is -2.22. The summed E-state index contributed by atoms with van der Waals surface area (Å²) in [4.78, 5) is 16.1. The van der Waals surface area contributed by atoms with Crippen molar-refractivity contribution in [2.24, 2.45) is 0 Å². The highest BCUT2D eigenvalue weighted by Crippen LogP contribution is 2.27. The third-order valence-corrected chi connectivity index (χ3v) is 2.98. The van der Waals surface area contributed by atoms with Crippen LogP contribution in [0.4, 0.5) is 0 Å². The predicted molar refractivity (Wildman–Crippen MR) is 66.7 cm³/mol. The normalized spacial score (nSPS) is 16.2. The van der Waals surface area contributed by atoms with Crippen LogP contribution in [0.25, 0.3) is 6.08 Å². The standard InChI is InChI=1S/C15H11NO/c17-15-13(9-11-5-7-16-8-6-11)10-12-3-1-2-4-14(12)15/h1-9H,10H2. The maximum Gasteiger partial charge on any atom is 0.189 e. The molecule has 0 spiro atoms. The molecular formula is C15H11NO. The van der Waals surface area contributed by atoms with E-state index < -0.39 is 0 Å². The fourth-order valence-electron chi connectivity index (χ4n) is 2.13. The lowest BCUT2D eigenvalue weighted by molar-refractivity contribution is 0.104. The first-order chi connectivity index (χ1) is 8.34. The first-order valence-corrected chi connectivity index (χ1v) is 5.58. The molecule has 0 saturated carbocycles. The van der Waals surface area contributed by atoms with Crippen LogP contribution in [0.15, 0.2) is 54.4 Å². The van der Waals surface area contributed by atoms with Crippen molar-refractivity contribution in [3.8, 4) is 0 Å². The number of carbonyl (C=O) groups is 1. The van der Waals surface area contributed by atoms with E-state index in [-0.39, 0.29) is 5.78 Å². The Labute approximate surface area is 99.6 Å². The molecule has 0 unspecified atom stereocenters. The van der Waals surface area contributed by atoms with Crippen molar-refractivity contribution in [1.29, 1.82) is 0 Å². The van der Waals surface area contributed by atoms with Crippen molar-refractivity contribution in [3.63, 3.8) is 0 Å². The van der Waals surface area contributed by atoms with Crippen LogP contribution in [0.1, 0.15) is 21.5 Å². The quantitative estimate of drug-likeness (QED) is 0.693. The van der Waals surface area contributed by atoms with Gasteiger partial charge < -0.3 is 0 Å². The van der Waals surface area contributed by atoms with Crippen LogP contribution in [0, 0.1) is 0 Å². The highest BCUT2D eigenvalue weighted by molar-refractivity contribution is 6.15. The number of rotatable bonds is 1. The number of aromatic nitrogens is 1. The Balaban J connectivity index is 2.00. The molecule has 0 aliphatic heterocycles. The molecule has 17 heavy (non-hydrogen) atoms. The van der Waals surface area contributed by atoms with Crippen molar-refractivity contribution < 1.29 is 4.79 Å². The molecule has 1 aliphatic carbocycles. The summed E-state index contributed by atoms with van der Waals surface area (Å²) in [6, 6.07) is 11.6. The lowest BCUT2D eigenvalue weighted by Gasteiger charge is -1.95. The van der Waals surface area contributed by atoms with Gasteiger partial charge in [0.15, 0.2) is 5.78 Å². The molecule has 2 heteroatoms. The molecule has 1 heterocycles.